The summed E-state index contributed by atoms with van der Waals surface area (Å²) in [5, 5.41) is 7.53. The number of nitrogens with zero attached hydrogens (tertiary/aromatic N) is 1. The number of amides is 1. The predicted octanol–water partition coefficient (Wildman–Crippen LogP) is 5.44. The molecular formula is C25H22N2OS. The molecule has 1 aliphatic rings. The van der Waals surface area contributed by atoms with Crippen molar-refractivity contribution in [1.29, 1.82) is 0 Å². The average Bonchev–Trinajstić information content (AvgIpc) is 3.44. The minimum Gasteiger partial charge on any atom is -0.361 e. The highest BCUT2D eigenvalue weighted by atomic mass is 32.1. The van der Waals surface area contributed by atoms with E-state index in [0.29, 0.717) is 12.1 Å². The van der Waals surface area contributed by atoms with Crippen LogP contribution in [0.5, 0.6) is 0 Å². The fourth-order valence-corrected chi connectivity index (χ4v) is 4.99. The van der Waals surface area contributed by atoms with Gasteiger partial charge in [0.05, 0.1) is 6.04 Å². The summed E-state index contributed by atoms with van der Waals surface area (Å²) in [5.41, 5.74) is 3.37. The quantitative estimate of drug-likeness (QED) is 0.486. The minimum absolute atomic E-state index is 0.0233. The number of carbonyl (C=O) groups excluding carboxylic acids is 1. The summed E-state index contributed by atoms with van der Waals surface area (Å²) in [5.74, 6) is -0.0233. The summed E-state index contributed by atoms with van der Waals surface area (Å²) in [6.45, 7) is 1.56. The van der Waals surface area contributed by atoms with E-state index in [9.17, 15) is 4.79 Å². The number of carbonyl (C=O) groups is 1. The molecule has 0 saturated heterocycles. The largest absolute Gasteiger partial charge is 0.361 e. The molecule has 0 spiro atoms. The van der Waals surface area contributed by atoms with Crippen molar-refractivity contribution in [2.75, 3.05) is 18.0 Å². The molecule has 4 heteroatoms. The van der Waals surface area contributed by atoms with Gasteiger partial charge in [0.25, 0.3) is 5.91 Å². The van der Waals surface area contributed by atoms with Gasteiger partial charge in [0, 0.05) is 29.2 Å². The zero-order valence-corrected chi connectivity index (χ0v) is 16.9. The third-order valence-electron chi connectivity index (χ3n) is 5.64. The Morgan fingerprint density at radius 2 is 1.79 bits per heavy atom. The van der Waals surface area contributed by atoms with Crippen LogP contribution >= 0.6 is 11.3 Å². The molecule has 1 amide bonds. The van der Waals surface area contributed by atoms with Gasteiger partial charge in [0.1, 0.15) is 0 Å². The molecule has 144 valence electrons. The number of hydrogen-bond acceptors (Lipinski definition) is 3. The van der Waals surface area contributed by atoms with E-state index < -0.39 is 0 Å². The van der Waals surface area contributed by atoms with Crippen LogP contribution in [0.3, 0.4) is 0 Å². The van der Waals surface area contributed by atoms with E-state index in [-0.39, 0.29) is 11.9 Å². The Balaban J connectivity index is 1.38. The van der Waals surface area contributed by atoms with Crippen LogP contribution in [0.25, 0.3) is 10.8 Å². The van der Waals surface area contributed by atoms with Gasteiger partial charge in [-0.25, -0.2) is 0 Å². The summed E-state index contributed by atoms with van der Waals surface area (Å²) >= 11 is 1.75. The van der Waals surface area contributed by atoms with Gasteiger partial charge in [-0.3, -0.25) is 4.79 Å². The van der Waals surface area contributed by atoms with Crippen LogP contribution in [0, 0.1) is 0 Å². The molecule has 0 radical (unpaired) electrons. The molecule has 1 atom stereocenters. The number of fused-ring (bicyclic) bond motifs is 2. The van der Waals surface area contributed by atoms with Crippen molar-refractivity contribution in [3.63, 3.8) is 0 Å². The highest BCUT2D eigenvalue weighted by Crippen LogP contribution is 2.36. The topological polar surface area (TPSA) is 32.3 Å². The Hall–Kier alpha value is -3.11. The van der Waals surface area contributed by atoms with Gasteiger partial charge in [0.2, 0.25) is 0 Å². The lowest BCUT2D eigenvalue weighted by Crippen LogP contribution is -2.37. The number of rotatable bonds is 5. The van der Waals surface area contributed by atoms with Crippen molar-refractivity contribution in [3.8, 4) is 0 Å². The third-order valence-corrected chi connectivity index (χ3v) is 6.61. The van der Waals surface area contributed by atoms with Crippen LogP contribution in [0.2, 0.25) is 0 Å². The molecule has 29 heavy (non-hydrogen) atoms. The third kappa shape index (κ3) is 3.52. The number of benzene rings is 3. The minimum atomic E-state index is -0.0233. The van der Waals surface area contributed by atoms with Crippen LogP contribution in [-0.2, 0) is 6.42 Å². The fraction of sp³-hybridized carbons (Fsp3) is 0.160. The Morgan fingerprint density at radius 1 is 0.966 bits per heavy atom. The fourth-order valence-electron chi connectivity index (χ4n) is 4.15. The summed E-state index contributed by atoms with van der Waals surface area (Å²) in [6, 6.07) is 27.0. The summed E-state index contributed by atoms with van der Waals surface area (Å²) in [7, 11) is 0. The second-order valence-corrected chi connectivity index (χ2v) is 8.35. The summed E-state index contributed by atoms with van der Waals surface area (Å²) < 4.78 is 0. The predicted molar refractivity (Wildman–Crippen MR) is 121 cm³/mol. The lowest BCUT2D eigenvalue weighted by atomic mass is 10.1. The molecule has 3 aromatic carbocycles. The van der Waals surface area contributed by atoms with Crippen molar-refractivity contribution in [3.05, 3.63) is 100 Å². The van der Waals surface area contributed by atoms with E-state index in [1.165, 1.54) is 16.1 Å². The van der Waals surface area contributed by atoms with Crippen molar-refractivity contribution in [2.45, 2.75) is 12.5 Å². The Kier molecular flexibility index (Phi) is 4.78. The maximum atomic E-state index is 12.9. The number of hydrogen-bond donors (Lipinski definition) is 1. The number of thiophene rings is 1. The van der Waals surface area contributed by atoms with Gasteiger partial charge in [0.15, 0.2) is 0 Å². The first-order valence-electron chi connectivity index (χ1n) is 9.94. The average molecular weight is 399 g/mol. The van der Waals surface area contributed by atoms with Gasteiger partial charge in [-0.1, -0.05) is 54.6 Å². The molecule has 4 aromatic rings. The van der Waals surface area contributed by atoms with E-state index in [0.717, 1.165) is 23.7 Å². The summed E-state index contributed by atoms with van der Waals surface area (Å²) in [6.07, 6.45) is 1.05. The second kappa shape index (κ2) is 7.72. The van der Waals surface area contributed by atoms with E-state index in [2.05, 4.69) is 58.1 Å². The molecule has 2 heterocycles. The lowest BCUT2D eigenvalue weighted by molar-refractivity contribution is 0.0951. The Bertz CT molecular complexity index is 1150. The zero-order chi connectivity index (χ0) is 19.6. The molecule has 0 aliphatic carbocycles. The van der Waals surface area contributed by atoms with Crippen LogP contribution < -0.4 is 10.2 Å². The van der Waals surface area contributed by atoms with E-state index in [1.807, 2.05) is 36.4 Å². The Morgan fingerprint density at radius 3 is 2.66 bits per heavy atom. The lowest BCUT2D eigenvalue weighted by Gasteiger charge is -2.30. The first-order valence-corrected chi connectivity index (χ1v) is 10.8. The molecular weight excluding hydrogens is 376 g/mol. The van der Waals surface area contributed by atoms with Crippen molar-refractivity contribution < 1.29 is 4.79 Å². The molecule has 1 aromatic heterocycles. The number of anilines is 1. The van der Waals surface area contributed by atoms with E-state index in [4.69, 9.17) is 0 Å². The smallest absolute Gasteiger partial charge is 0.251 e. The highest BCUT2D eigenvalue weighted by molar-refractivity contribution is 7.10. The van der Waals surface area contributed by atoms with Crippen LogP contribution in [-0.4, -0.2) is 19.0 Å². The van der Waals surface area contributed by atoms with E-state index in [1.54, 1.807) is 11.3 Å². The van der Waals surface area contributed by atoms with E-state index >= 15 is 0 Å². The second-order valence-electron chi connectivity index (χ2n) is 7.38. The standard InChI is InChI=1S/C25H22N2OS/c28-25(21-12-11-18-6-1-2-8-20(18)16-21)26-17-23(24-10-5-15-29-24)27-14-13-19-7-3-4-9-22(19)27/h1-12,15-16,23H,13-14,17H2,(H,26,28)/t23-/m1/s1. The molecule has 1 aliphatic heterocycles. The maximum absolute atomic E-state index is 12.9. The van der Waals surface area contributed by atoms with Gasteiger partial charge >= 0.3 is 0 Å². The van der Waals surface area contributed by atoms with Crippen molar-refractivity contribution in [1.82, 2.24) is 5.32 Å². The molecule has 1 N–H and O–H groups in total. The first-order chi connectivity index (χ1) is 14.3. The highest BCUT2D eigenvalue weighted by Gasteiger charge is 2.28. The van der Waals surface area contributed by atoms with Crippen molar-refractivity contribution >= 4 is 33.7 Å². The first kappa shape index (κ1) is 18.0. The molecule has 0 unspecified atom stereocenters. The van der Waals surface area contributed by atoms with Crippen LogP contribution in [0.1, 0.15) is 26.8 Å². The van der Waals surface area contributed by atoms with Crippen molar-refractivity contribution in [2.24, 2.45) is 0 Å². The summed E-state index contributed by atoms with van der Waals surface area (Å²) in [4.78, 5) is 16.6. The van der Waals surface area contributed by atoms with Gasteiger partial charge in [-0.05, 0) is 52.4 Å². The number of para-hydroxylation sites is 1. The van der Waals surface area contributed by atoms with Gasteiger partial charge < -0.3 is 10.2 Å². The molecule has 5 rings (SSSR count). The SMILES string of the molecule is O=C(NC[C@H](c1cccs1)N1CCc2ccccc21)c1ccc2ccccc2c1. The number of nitrogens with one attached hydrogen (secondary N) is 1. The van der Waals surface area contributed by atoms with Crippen LogP contribution in [0.4, 0.5) is 5.69 Å². The molecule has 3 nitrogen and oxygen atoms in total. The molecule has 0 fully saturated rings. The molecule has 0 saturated carbocycles. The molecule has 0 bridgehead atoms. The Labute approximate surface area is 174 Å². The monoisotopic (exact) mass is 398 g/mol. The zero-order valence-electron chi connectivity index (χ0n) is 16.0. The maximum Gasteiger partial charge on any atom is 0.251 e. The van der Waals surface area contributed by atoms with Gasteiger partial charge in [-0.15, -0.1) is 11.3 Å². The van der Waals surface area contributed by atoms with Gasteiger partial charge in [-0.2, -0.15) is 0 Å². The normalized spacial score (nSPS) is 14.0. The van der Waals surface area contributed by atoms with Crippen LogP contribution in [0.15, 0.2) is 84.2 Å².